The van der Waals surface area contributed by atoms with Gasteiger partial charge in [0.1, 0.15) is 0 Å². The van der Waals surface area contributed by atoms with Gasteiger partial charge < -0.3 is 4.90 Å². The summed E-state index contributed by atoms with van der Waals surface area (Å²) in [5.74, 6) is 0. The van der Waals surface area contributed by atoms with Gasteiger partial charge in [-0.05, 0) is 102 Å². The lowest BCUT2D eigenvalue weighted by molar-refractivity contribution is 0.731. The highest BCUT2D eigenvalue weighted by molar-refractivity contribution is 7.01. The molecule has 2 aliphatic heterocycles. The summed E-state index contributed by atoms with van der Waals surface area (Å²) in [6, 6.07) is 98.8. The Kier molecular flexibility index (Phi) is 9.25. The van der Waals surface area contributed by atoms with E-state index in [0.717, 1.165) is 5.69 Å². The van der Waals surface area contributed by atoms with Gasteiger partial charge in [-0.15, -0.1) is 0 Å². The Morgan fingerprint density at radius 1 is 0.299 bits per heavy atom. The predicted octanol–water partition coefficient (Wildman–Crippen LogP) is 14.5. The Morgan fingerprint density at radius 2 is 0.731 bits per heavy atom. The van der Waals surface area contributed by atoms with Gasteiger partial charge in [-0.1, -0.05) is 259 Å². The normalized spacial score (nSPS) is 13.1. The maximum atomic E-state index is 2.49. The molecule has 0 aliphatic carbocycles. The molecule has 11 aromatic rings. The third-order valence-corrected chi connectivity index (χ3v) is 14.4. The molecule has 0 amide bonds. The molecule has 312 valence electrons. The molecule has 0 bridgehead atoms. The van der Waals surface area contributed by atoms with Crippen molar-refractivity contribution >= 4 is 50.9 Å². The molecule has 0 radical (unpaired) electrons. The zero-order chi connectivity index (χ0) is 44.3. The number of para-hydroxylation sites is 2. The number of anilines is 3. The zero-order valence-corrected chi connectivity index (χ0v) is 36.9. The van der Waals surface area contributed by atoms with Crippen LogP contribution in [-0.2, 0) is 5.41 Å². The van der Waals surface area contributed by atoms with E-state index in [2.05, 4.69) is 272 Å². The van der Waals surface area contributed by atoms with Crippen LogP contribution in [0.15, 0.2) is 267 Å². The average Bonchev–Trinajstić information content (AvgIpc) is 3.75. The smallest absolute Gasteiger partial charge is 0.244 e. The van der Waals surface area contributed by atoms with Gasteiger partial charge in [-0.2, -0.15) is 0 Å². The summed E-state index contributed by atoms with van der Waals surface area (Å²) in [5.41, 5.74) is 22.1. The predicted molar refractivity (Wildman–Crippen MR) is 283 cm³/mol. The summed E-state index contributed by atoms with van der Waals surface area (Å²) >= 11 is 0. The van der Waals surface area contributed by atoms with Gasteiger partial charge in [0.05, 0.1) is 16.8 Å². The van der Waals surface area contributed by atoms with E-state index in [1.165, 1.54) is 105 Å². The fourth-order valence-electron chi connectivity index (χ4n) is 11.8. The third-order valence-electron chi connectivity index (χ3n) is 14.4. The van der Waals surface area contributed by atoms with Gasteiger partial charge in [-0.25, -0.2) is 0 Å². The molecule has 2 aliphatic rings. The quantitative estimate of drug-likeness (QED) is 0.144. The van der Waals surface area contributed by atoms with E-state index in [9.17, 15) is 0 Å². The fourth-order valence-corrected chi connectivity index (χ4v) is 11.8. The van der Waals surface area contributed by atoms with Crippen LogP contribution in [0.4, 0.5) is 17.1 Å². The van der Waals surface area contributed by atoms with E-state index in [-0.39, 0.29) is 6.71 Å². The van der Waals surface area contributed by atoms with Crippen molar-refractivity contribution in [3.8, 4) is 44.5 Å². The Morgan fingerprint density at radius 3 is 1.28 bits per heavy atom. The minimum atomic E-state index is -0.523. The summed E-state index contributed by atoms with van der Waals surface area (Å²) < 4.78 is 0. The average molecular weight is 850 g/mol. The molecule has 2 heterocycles. The summed E-state index contributed by atoms with van der Waals surface area (Å²) in [6.45, 7) is -0.0533. The Bertz CT molecular complexity index is 3520. The van der Waals surface area contributed by atoms with E-state index in [4.69, 9.17) is 0 Å². The van der Waals surface area contributed by atoms with Crippen LogP contribution in [-0.4, -0.2) is 6.71 Å². The maximum Gasteiger partial charge on any atom is 0.244 e. The van der Waals surface area contributed by atoms with Crippen molar-refractivity contribution in [3.63, 3.8) is 0 Å². The second kappa shape index (κ2) is 15.9. The molecule has 2 heteroatoms. The number of fused-ring (bicyclic) bond motifs is 6. The van der Waals surface area contributed by atoms with Crippen LogP contribution < -0.4 is 21.3 Å². The van der Waals surface area contributed by atoms with Crippen LogP contribution >= 0.6 is 0 Å². The molecule has 13 rings (SSSR count). The minimum Gasteiger partial charge on any atom is -0.310 e. The van der Waals surface area contributed by atoms with Gasteiger partial charge in [0.25, 0.3) is 0 Å². The second-order valence-corrected chi connectivity index (χ2v) is 17.8. The molecule has 11 aromatic carbocycles. The molecular weight excluding hydrogens is 806 g/mol. The maximum absolute atomic E-state index is 2.49. The zero-order valence-electron chi connectivity index (χ0n) is 36.9. The summed E-state index contributed by atoms with van der Waals surface area (Å²) in [7, 11) is 0. The number of hydrogen-bond donors (Lipinski definition) is 0. The SMILES string of the molecule is c1ccc(-c2cccc3c2B(c2ccc(N4c5ccccc5C(c5ccccc5)(c5ccccc5)c5ccccc54)cc2)c2c-3c(-c3ccccc3)c3ccccc3c2-c2ccccc2)cc1. The lowest BCUT2D eigenvalue weighted by Crippen LogP contribution is -2.50. The van der Waals surface area contributed by atoms with Crippen molar-refractivity contribution in [2.75, 3.05) is 4.90 Å². The third kappa shape index (κ3) is 5.96. The second-order valence-electron chi connectivity index (χ2n) is 17.8. The van der Waals surface area contributed by atoms with E-state index < -0.39 is 5.41 Å². The number of nitrogens with zero attached hydrogens (tertiary/aromatic N) is 1. The van der Waals surface area contributed by atoms with Crippen molar-refractivity contribution in [1.29, 1.82) is 0 Å². The molecular formula is C65H44BN. The van der Waals surface area contributed by atoms with Gasteiger partial charge >= 0.3 is 0 Å². The van der Waals surface area contributed by atoms with Crippen LogP contribution in [0.25, 0.3) is 55.3 Å². The highest BCUT2D eigenvalue weighted by Gasteiger charge is 2.46. The summed E-state index contributed by atoms with van der Waals surface area (Å²) in [5, 5.41) is 2.53. The molecule has 67 heavy (non-hydrogen) atoms. The lowest BCUT2D eigenvalue weighted by Gasteiger charge is -2.46. The minimum absolute atomic E-state index is 0.0533. The molecule has 1 nitrogen and oxygen atoms in total. The monoisotopic (exact) mass is 849 g/mol. The van der Waals surface area contributed by atoms with Crippen molar-refractivity contribution in [2.24, 2.45) is 0 Å². The van der Waals surface area contributed by atoms with E-state index in [0.29, 0.717) is 0 Å². The first kappa shape index (κ1) is 39.0. The Labute approximate surface area is 393 Å². The highest BCUT2D eigenvalue weighted by Crippen LogP contribution is 2.57. The number of benzene rings is 11. The largest absolute Gasteiger partial charge is 0.310 e. The fraction of sp³-hybridized carbons (Fsp3) is 0.0154. The first-order chi connectivity index (χ1) is 33.3. The van der Waals surface area contributed by atoms with Crippen molar-refractivity contribution in [1.82, 2.24) is 0 Å². The van der Waals surface area contributed by atoms with Crippen LogP contribution in [0, 0.1) is 0 Å². The van der Waals surface area contributed by atoms with Crippen LogP contribution in [0.5, 0.6) is 0 Å². The number of rotatable bonds is 7. The van der Waals surface area contributed by atoms with Gasteiger partial charge in [0, 0.05) is 5.69 Å². The van der Waals surface area contributed by atoms with Gasteiger partial charge in [0.2, 0.25) is 6.71 Å². The first-order valence-electron chi connectivity index (χ1n) is 23.4. The van der Waals surface area contributed by atoms with Gasteiger partial charge in [0.15, 0.2) is 0 Å². The van der Waals surface area contributed by atoms with Crippen molar-refractivity contribution in [3.05, 3.63) is 289 Å². The first-order valence-corrected chi connectivity index (χ1v) is 23.4. The Hall–Kier alpha value is -8.46. The summed E-state index contributed by atoms with van der Waals surface area (Å²) in [6.07, 6.45) is 0. The number of hydrogen-bond acceptors (Lipinski definition) is 1. The van der Waals surface area contributed by atoms with Crippen LogP contribution in [0.3, 0.4) is 0 Å². The summed E-state index contributed by atoms with van der Waals surface area (Å²) in [4.78, 5) is 2.49. The lowest BCUT2D eigenvalue weighted by atomic mass is 9.37. The van der Waals surface area contributed by atoms with Gasteiger partial charge in [-0.3, -0.25) is 0 Å². The molecule has 0 saturated heterocycles. The van der Waals surface area contributed by atoms with Crippen LogP contribution in [0.2, 0.25) is 0 Å². The highest BCUT2D eigenvalue weighted by atomic mass is 15.2. The van der Waals surface area contributed by atoms with Crippen molar-refractivity contribution < 1.29 is 0 Å². The topological polar surface area (TPSA) is 3.24 Å². The molecule has 0 saturated carbocycles. The van der Waals surface area contributed by atoms with Crippen LogP contribution in [0.1, 0.15) is 22.3 Å². The molecule has 0 N–H and O–H groups in total. The van der Waals surface area contributed by atoms with Crippen molar-refractivity contribution in [2.45, 2.75) is 5.41 Å². The molecule has 0 fully saturated rings. The standard InChI is InChI=1S/C65H44BN/c1-6-23-45(24-7-1)52-35-22-36-55-62-60(46-25-8-2-9-26-46)53-33-16-17-34-54(53)61(47-27-10-3-11-28-47)64(62)66(63(52)55)50-41-43-51(44-42-50)67-58-39-20-18-37-56(58)65(48-29-12-4-13-30-48,49-31-14-5-15-32-49)57-38-19-21-40-59(57)67/h1-44H. The van der Waals surface area contributed by atoms with E-state index >= 15 is 0 Å². The molecule has 0 unspecified atom stereocenters. The molecule has 0 spiro atoms. The Balaban J connectivity index is 1.07. The van der Waals surface area contributed by atoms with E-state index in [1.807, 2.05) is 0 Å². The van der Waals surface area contributed by atoms with E-state index in [1.54, 1.807) is 0 Å². The molecule has 0 aromatic heterocycles. The molecule has 0 atom stereocenters.